The maximum absolute atomic E-state index is 13.7. The number of Topliss-reactive ketones (excluding diaryl/α,β-unsaturated/α-hetero) is 2. The molecule has 0 spiro atoms. The van der Waals surface area contributed by atoms with Crippen molar-refractivity contribution in [3.63, 3.8) is 0 Å². The van der Waals surface area contributed by atoms with E-state index in [0.29, 0.717) is 48.7 Å². The molecule has 2 fully saturated rings. The third kappa shape index (κ3) is 8.70. The highest BCUT2D eigenvalue weighted by Gasteiger charge is 2.31. The zero-order valence-corrected chi connectivity index (χ0v) is 24.8. The van der Waals surface area contributed by atoms with E-state index in [1.807, 2.05) is 25.1 Å². The molecule has 2 heterocycles. The molecular formula is C31H42ClN3O3S. The van der Waals surface area contributed by atoms with Crippen LogP contribution in [-0.4, -0.2) is 53.0 Å². The maximum Gasteiger partial charge on any atom is 0.224 e. The number of thiazole rings is 1. The first kappa shape index (κ1) is 29.9. The van der Waals surface area contributed by atoms with Crippen LogP contribution in [0.25, 0.3) is 10.2 Å². The van der Waals surface area contributed by atoms with Gasteiger partial charge in [0.2, 0.25) is 5.91 Å². The summed E-state index contributed by atoms with van der Waals surface area (Å²) in [6, 6.07) is 5.52. The van der Waals surface area contributed by atoms with E-state index in [1.54, 1.807) is 0 Å². The number of aromatic nitrogens is 1. The van der Waals surface area contributed by atoms with Gasteiger partial charge in [0, 0.05) is 48.9 Å². The van der Waals surface area contributed by atoms with E-state index >= 15 is 0 Å². The minimum atomic E-state index is -0.482. The second-order valence-electron chi connectivity index (χ2n) is 11.3. The van der Waals surface area contributed by atoms with Crippen LogP contribution in [0.1, 0.15) is 82.6 Å². The molecule has 1 saturated carbocycles. The number of fused-ring (bicyclic) bond motifs is 1. The van der Waals surface area contributed by atoms with Crippen molar-refractivity contribution in [2.45, 2.75) is 90.0 Å². The van der Waals surface area contributed by atoms with Crippen LogP contribution >= 0.6 is 22.9 Å². The number of amides is 1. The zero-order chi connectivity index (χ0) is 27.8. The Kier molecular flexibility index (Phi) is 11.1. The van der Waals surface area contributed by atoms with Crippen molar-refractivity contribution >= 4 is 50.6 Å². The molecule has 1 aliphatic heterocycles. The Morgan fingerprint density at radius 3 is 2.62 bits per heavy atom. The standard InChI is InChI=1S/C31H42ClN3O3S/c1-3-8-25(36)17-23(18-30-33-27-12-11-24(32)19-29(27)39-30)31(38)34-26(22-9-4-5-10-22)13-14-28(37)21(2)20-35-15-6-7-16-35/h11-12,19,22-23,26H,2-10,13-18,20H2,1H3,(H,34,38)/t23-,26+/m0/s1. The molecule has 6 nitrogen and oxygen atoms in total. The summed E-state index contributed by atoms with van der Waals surface area (Å²) >= 11 is 7.69. The fourth-order valence-corrected chi connectivity index (χ4v) is 7.33. The van der Waals surface area contributed by atoms with Crippen molar-refractivity contribution in [3.05, 3.63) is 40.4 Å². The lowest BCUT2D eigenvalue weighted by Crippen LogP contribution is -2.44. The summed E-state index contributed by atoms with van der Waals surface area (Å²) in [5.74, 6) is -0.0124. The van der Waals surface area contributed by atoms with Crippen LogP contribution in [0.3, 0.4) is 0 Å². The van der Waals surface area contributed by atoms with E-state index in [0.717, 1.165) is 60.4 Å². The summed E-state index contributed by atoms with van der Waals surface area (Å²) in [5.41, 5.74) is 1.53. The Hall–Kier alpha value is -2.09. The number of nitrogens with one attached hydrogen (secondary N) is 1. The highest BCUT2D eigenvalue weighted by atomic mass is 35.5. The van der Waals surface area contributed by atoms with Gasteiger partial charge in [-0.2, -0.15) is 0 Å². The second-order valence-corrected chi connectivity index (χ2v) is 12.9. The molecule has 39 heavy (non-hydrogen) atoms. The van der Waals surface area contributed by atoms with Gasteiger partial charge < -0.3 is 5.32 Å². The summed E-state index contributed by atoms with van der Waals surface area (Å²) < 4.78 is 0.980. The molecule has 212 valence electrons. The highest BCUT2D eigenvalue weighted by molar-refractivity contribution is 7.18. The summed E-state index contributed by atoms with van der Waals surface area (Å²) in [6.45, 7) is 8.77. The molecule has 0 radical (unpaired) electrons. The monoisotopic (exact) mass is 571 g/mol. The van der Waals surface area contributed by atoms with Gasteiger partial charge in [-0.25, -0.2) is 4.98 Å². The number of hydrogen-bond donors (Lipinski definition) is 1. The fourth-order valence-electron chi connectivity index (χ4n) is 6.01. The van der Waals surface area contributed by atoms with Crippen LogP contribution in [0.15, 0.2) is 30.4 Å². The van der Waals surface area contributed by atoms with E-state index in [1.165, 1.54) is 24.2 Å². The number of carbonyl (C=O) groups is 3. The lowest BCUT2D eigenvalue weighted by atomic mass is 9.90. The largest absolute Gasteiger partial charge is 0.353 e. The Morgan fingerprint density at radius 2 is 1.90 bits per heavy atom. The molecule has 2 atom stereocenters. The molecule has 1 saturated heterocycles. The van der Waals surface area contributed by atoms with Crippen molar-refractivity contribution in [3.8, 4) is 0 Å². The molecule has 1 aliphatic carbocycles. The smallest absolute Gasteiger partial charge is 0.224 e. The first-order chi connectivity index (χ1) is 18.8. The summed E-state index contributed by atoms with van der Waals surface area (Å²) in [6.07, 6.45) is 9.67. The third-order valence-corrected chi connectivity index (χ3v) is 9.45. The predicted octanol–water partition coefficient (Wildman–Crippen LogP) is 6.54. The van der Waals surface area contributed by atoms with E-state index in [4.69, 9.17) is 16.6 Å². The first-order valence-corrected chi connectivity index (χ1v) is 15.8. The normalized spacial score (nSPS) is 17.9. The quantitative estimate of drug-likeness (QED) is 0.245. The van der Waals surface area contributed by atoms with Gasteiger partial charge in [-0.15, -0.1) is 11.3 Å². The molecule has 1 aromatic carbocycles. The molecule has 0 unspecified atom stereocenters. The fraction of sp³-hybridized carbons (Fsp3) is 0.613. The Bertz CT molecular complexity index is 1170. The van der Waals surface area contributed by atoms with Gasteiger partial charge in [-0.1, -0.05) is 37.9 Å². The summed E-state index contributed by atoms with van der Waals surface area (Å²) in [4.78, 5) is 46.3. The Morgan fingerprint density at radius 1 is 1.15 bits per heavy atom. The van der Waals surface area contributed by atoms with Gasteiger partial charge in [0.15, 0.2) is 5.78 Å². The Balaban J connectivity index is 1.43. The van der Waals surface area contributed by atoms with Gasteiger partial charge in [0.1, 0.15) is 5.78 Å². The van der Waals surface area contributed by atoms with Crippen LogP contribution in [0.4, 0.5) is 0 Å². The van der Waals surface area contributed by atoms with Crippen molar-refractivity contribution in [2.75, 3.05) is 19.6 Å². The number of carbonyl (C=O) groups excluding carboxylic acids is 3. The molecule has 2 aromatic rings. The predicted molar refractivity (Wildman–Crippen MR) is 159 cm³/mol. The van der Waals surface area contributed by atoms with Crippen molar-refractivity contribution in [1.82, 2.24) is 15.2 Å². The molecule has 4 rings (SSSR count). The van der Waals surface area contributed by atoms with Crippen LogP contribution < -0.4 is 5.32 Å². The molecule has 1 amide bonds. The number of ketones is 2. The molecular weight excluding hydrogens is 530 g/mol. The number of nitrogens with zero attached hydrogens (tertiary/aromatic N) is 2. The molecule has 2 aliphatic rings. The van der Waals surface area contributed by atoms with E-state index in [-0.39, 0.29) is 29.9 Å². The number of benzene rings is 1. The van der Waals surface area contributed by atoms with Crippen LogP contribution in [-0.2, 0) is 20.8 Å². The van der Waals surface area contributed by atoms with Crippen LogP contribution in [0.2, 0.25) is 5.02 Å². The lowest BCUT2D eigenvalue weighted by Gasteiger charge is -2.27. The zero-order valence-electron chi connectivity index (χ0n) is 23.2. The third-order valence-electron chi connectivity index (χ3n) is 8.18. The minimum absolute atomic E-state index is 0.0681. The molecule has 1 N–H and O–H groups in total. The van der Waals surface area contributed by atoms with Crippen molar-refractivity contribution in [1.29, 1.82) is 0 Å². The first-order valence-electron chi connectivity index (χ1n) is 14.6. The number of halogens is 1. The molecule has 8 heteroatoms. The van der Waals surface area contributed by atoms with Crippen LogP contribution in [0.5, 0.6) is 0 Å². The highest BCUT2D eigenvalue weighted by Crippen LogP contribution is 2.31. The van der Waals surface area contributed by atoms with Gasteiger partial charge in [-0.3, -0.25) is 19.3 Å². The SMILES string of the molecule is C=C(CN1CCCC1)C(=O)CC[C@@H](NC(=O)[C@@H](CC(=O)CCC)Cc1nc2ccc(Cl)cc2s1)C1CCCC1. The van der Waals surface area contributed by atoms with E-state index < -0.39 is 5.92 Å². The minimum Gasteiger partial charge on any atom is -0.353 e. The van der Waals surface area contributed by atoms with Gasteiger partial charge in [-0.05, 0) is 75.7 Å². The van der Waals surface area contributed by atoms with Gasteiger partial charge in [0.25, 0.3) is 0 Å². The average Bonchev–Trinajstić information content (AvgIpc) is 3.68. The number of likely N-dealkylation sites (tertiary alicyclic amines) is 1. The summed E-state index contributed by atoms with van der Waals surface area (Å²) in [7, 11) is 0. The summed E-state index contributed by atoms with van der Waals surface area (Å²) in [5, 5.41) is 4.80. The number of rotatable bonds is 15. The van der Waals surface area contributed by atoms with Gasteiger partial charge in [0.05, 0.1) is 21.1 Å². The van der Waals surface area contributed by atoms with Gasteiger partial charge >= 0.3 is 0 Å². The lowest BCUT2D eigenvalue weighted by molar-refractivity contribution is -0.130. The van der Waals surface area contributed by atoms with E-state index in [2.05, 4.69) is 16.8 Å². The van der Waals surface area contributed by atoms with E-state index in [9.17, 15) is 14.4 Å². The topological polar surface area (TPSA) is 79.4 Å². The second kappa shape index (κ2) is 14.5. The molecule has 1 aromatic heterocycles. The average molecular weight is 572 g/mol. The van der Waals surface area contributed by atoms with Crippen molar-refractivity contribution in [2.24, 2.45) is 11.8 Å². The Labute approximate surface area is 241 Å². The maximum atomic E-state index is 13.7. The number of hydrogen-bond acceptors (Lipinski definition) is 6. The molecule has 0 bridgehead atoms. The van der Waals surface area contributed by atoms with Crippen LogP contribution in [0, 0.1) is 11.8 Å². The van der Waals surface area contributed by atoms with Crippen molar-refractivity contribution < 1.29 is 14.4 Å².